The summed E-state index contributed by atoms with van der Waals surface area (Å²) in [6, 6.07) is 3.82. The molecule has 1 N–H and O–H groups in total. The lowest BCUT2D eigenvalue weighted by atomic mass is 10.1. The number of aromatic hydroxyl groups is 1. The van der Waals surface area contributed by atoms with Crippen LogP contribution in [0.4, 0.5) is 4.39 Å². The molecule has 1 rings (SSSR count). The van der Waals surface area contributed by atoms with Crippen LogP contribution in [0, 0.1) is 5.82 Å². The molecule has 0 aliphatic heterocycles. The molecule has 17 heavy (non-hydrogen) atoms. The van der Waals surface area contributed by atoms with Crippen molar-refractivity contribution in [3.05, 3.63) is 42.2 Å². The first-order chi connectivity index (χ1) is 8.11. The number of nitrogens with zero attached hydrogens (tertiary/aromatic N) is 1. The summed E-state index contributed by atoms with van der Waals surface area (Å²) in [4.78, 5) is 13.5. The fourth-order valence-corrected chi connectivity index (χ4v) is 1.58. The van der Waals surface area contributed by atoms with E-state index in [4.69, 9.17) is 0 Å². The molecule has 0 unspecified atom stereocenters. The third-order valence-electron chi connectivity index (χ3n) is 2.34. The van der Waals surface area contributed by atoms with Crippen LogP contribution < -0.4 is 0 Å². The maximum atomic E-state index is 13.5. The molecule has 92 valence electrons. The zero-order valence-electron chi connectivity index (χ0n) is 9.82. The Morgan fingerprint density at radius 1 is 1.59 bits per heavy atom. The number of carbonyl (C=O) groups excluding carboxylic acids is 1. The van der Waals surface area contributed by atoms with Gasteiger partial charge >= 0.3 is 0 Å². The van der Waals surface area contributed by atoms with E-state index >= 15 is 0 Å². The van der Waals surface area contributed by atoms with Gasteiger partial charge in [-0.25, -0.2) is 4.39 Å². The summed E-state index contributed by atoms with van der Waals surface area (Å²) >= 11 is 0. The number of phenols is 1. The number of hydrogen-bond acceptors (Lipinski definition) is 2. The lowest BCUT2D eigenvalue weighted by Gasteiger charge is -2.21. The molecule has 0 atom stereocenters. The fourth-order valence-electron chi connectivity index (χ4n) is 1.58. The molecule has 0 saturated carbocycles. The van der Waals surface area contributed by atoms with Crippen LogP contribution in [0.25, 0.3) is 0 Å². The van der Waals surface area contributed by atoms with Crippen LogP contribution in [-0.4, -0.2) is 29.0 Å². The minimum atomic E-state index is -0.708. The van der Waals surface area contributed by atoms with Crippen molar-refractivity contribution in [3.8, 4) is 5.75 Å². The van der Waals surface area contributed by atoms with Crippen molar-refractivity contribution in [1.82, 2.24) is 4.90 Å². The Hall–Kier alpha value is -1.84. The molecule has 1 aromatic rings. The third-order valence-corrected chi connectivity index (χ3v) is 2.34. The second-order valence-electron chi connectivity index (χ2n) is 3.67. The van der Waals surface area contributed by atoms with Crippen molar-refractivity contribution in [2.45, 2.75) is 13.3 Å². The largest absolute Gasteiger partial charge is 0.507 e. The minimum Gasteiger partial charge on any atom is -0.507 e. The predicted molar refractivity (Wildman–Crippen MR) is 64.5 cm³/mol. The van der Waals surface area contributed by atoms with Crippen LogP contribution in [0.3, 0.4) is 0 Å². The second kappa shape index (κ2) is 6.03. The van der Waals surface area contributed by atoms with E-state index in [1.165, 1.54) is 17.0 Å². The smallest absolute Gasteiger partial charge is 0.260 e. The number of carbonyl (C=O) groups is 1. The van der Waals surface area contributed by atoms with Gasteiger partial charge in [0.25, 0.3) is 5.91 Å². The summed E-state index contributed by atoms with van der Waals surface area (Å²) in [7, 11) is 0. The summed E-state index contributed by atoms with van der Waals surface area (Å²) in [6.45, 7) is 6.31. The van der Waals surface area contributed by atoms with Crippen molar-refractivity contribution in [3.63, 3.8) is 0 Å². The van der Waals surface area contributed by atoms with Gasteiger partial charge in [-0.2, -0.15) is 0 Å². The fraction of sp³-hybridized carbons (Fsp3) is 0.308. The van der Waals surface area contributed by atoms with Gasteiger partial charge in [-0.3, -0.25) is 4.79 Å². The molecule has 1 aromatic carbocycles. The van der Waals surface area contributed by atoms with E-state index in [0.717, 1.165) is 12.5 Å². The molecule has 1 amide bonds. The lowest BCUT2D eigenvalue weighted by Crippen LogP contribution is -2.32. The Labute approximate surface area is 100 Å². The van der Waals surface area contributed by atoms with Gasteiger partial charge in [0.05, 0.1) is 0 Å². The van der Waals surface area contributed by atoms with Crippen LogP contribution in [0.5, 0.6) is 5.75 Å². The first kappa shape index (κ1) is 13.2. The molecule has 0 aliphatic carbocycles. The molecule has 3 nitrogen and oxygen atoms in total. The van der Waals surface area contributed by atoms with E-state index in [1.54, 1.807) is 6.08 Å². The van der Waals surface area contributed by atoms with Crippen molar-refractivity contribution in [2.24, 2.45) is 0 Å². The molecule has 0 bridgehead atoms. The molecular weight excluding hydrogens is 221 g/mol. The van der Waals surface area contributed by atoms with E-state index in [-0.39, 0.29) is 11.3 Å². The maximum Gasteiger partial charge on any atom is 0.260 e. The van der Waals surface area contributed by atoms with Crippen LogP contribution in [0.2, 0.25) is 0 Å². The monoisotopic (exact) mass is 237 g/mol. The Morgan fingerprint density at radius 3 is 2.82 bits per heavy atom. The summed E-state index contributed by atoms with van der Waals surface area (Å²) in [5, 5.41) is 9.53. The van der Waals surface area contributed by atoms with Gasteiger partial charge in [0.1, 0.15) is 17.1 Å². The zero-order valence-corrected chi connectivity index (χ0v) is 9.82. The molecule has 0 aromatic heterocycles. The Kier molecular flexibility index (Phi) is 4.69. The predicted octanol–water partition coefficient (Wildman–Crippen LogP) is 2.57. The number of benzene rings is 1. The van der Waals surface area contributed by atoms with Gasteiger partial charge in [-0.1, -0.05) is 19.1 Å². The van der Waals surface area contributed by atoms with E-state index in [1.807, 2.05) is 6.92 Å². The lowest BCUT2D eigenvalue weighted by molar-refractivity contribution is 0.0766. The standard InChI is InChI=1S/C13H16FNO2/c1-3-8-15(9-4-2)13(17)12-10(14)6-5-7-11(12)16/h3,5-7,16H,1,4,8-9H2,2H3. The van der Waals surface area contributed by atoms with Crippen molar-refractivity contribution in [2.75, 3.05) is 13.1 Å². The SMILES string of the molecule is C=CCN(CCC)C(=O)c1c(O)cccc1F. The topological polar surface area (TPSA) is 40.5 Å². The highest BCUT2D eigenvalue weighted by Gasteiger charge is 2.21. The van der Waals surface area contributed by atoms with Crippen LogP contribution in [0.1, 0.15) is 23.7 Å². The first-order valence-corrected chi connectivity index (χ1v) is 5.49. The number of hydrogen-bond donors (Lipinski definition) is 1. The number of halogens is 1. The van der Waals surface area contributed by atoms with Crippen molar-refractivity contribution in [1.29, 1.82) is 0 Å². The molecule has 0 radical (unpaired) electrons. The van der Waals surface area contributed by atoms with E-state index in [9.17, 15) is 14.3 Å². The highest BCUT2D eigenvalue weighted by molar-refractivity contribution is 5.97. The maximum absolute atomic E-state index is 13.5. The zero-order chi connectivity index (χ0) is 12.8. The number of phenolic OH excluding ortho intramolecular Hbond substituents is 1. The van der Waals surface area contributed by atoms with E-state index in [2.05, 4.69) is 6.58 Å². The first-order valence-electron chi connectivity index (χ1n) is 5.49. The summed E-state index contributed by atoms with van der Waals surface area (Å²) in [6.07, 6.45) is 2.33. The van der Waals surface area contributed by atoms with Gasteiger partial charge in [0, 0.05) is 13.1 Å². The Bertz CT molecular complexity index is 398. The van der Waals surface area contributed by atoms with Crippen molar-refractivity contribution >= 4 is 5.91 Å². The number of amides is 1. The van der Waals surface area contributed by atoms with Crippen LogP contribution in [-0.2, 0) is 0 Å². The van der Waals surface area contributed by atoms with E-state index in [0.29, 0.717) is 13.1 Å². The third kappa shape index (κ3) is 3.06. The highest BCUT2D eigenvalue weighted by Crippen LogP contribution is 2.21. The average molecular weight is 237 g/mol. The molecule has 0 heterocycles. The van der Waals surface area contributed by atoms with E-state index < -0.39 is 11.7 Å². The summed E-state index contributed by atoms with van der Waals surface area (Å²) < 4.78 is 13.5. The van der Waals surface area contributed by atoms with Crippen LogP contribution in [0.15, 0.2) is 30.9 Å². The van der Waals surface area contributed by atoms with Crippen LogP contribution >= 0.6 is 0 Å². The molecule has 0 fully saturated rings. The molecule has 4 heteroatoms. The van der Waals surface area contributed by atoms with Gasteiger partial charge in [-0.05, 0) is 18.6 Å². The van der Waals surface area contributed by atoms with Crippen molar-refractivity contribution < 1.29 is 14.3 Å². The molecular formula is C13H16FNO2. The molecule has 0 aliphatic rings. The number of rotatable bonds is 5. The Balaban J connectivity index is 3.04. The molecule has 0 spiro atoms. The second-order valence-corrected chi connectivity index (χ2v) is 3.67. The highest BCUT2D eigenvalue weighted by atomic mass is 19.1. The van der Waals surface area contributed by atoms with Gasteiger partial charge in [0.2, 0.25) is 0 Å². The average Bonchev–Trinajstić information content (AvgIpc) is 2.28. The molecule has 0 saturated heterocycles. The van der Waals surface area contributed by atoms with Gasteiger partial charge in [0.15, 0.2) is 0 Å². The van der Waals surface area contributed by atoms with Gasteiger partial charge < -0.3 is 10.0 Å². The minimum absolute atomic E-state index is 0.275. The quantitative estimate of drug-likeness (QED) is 0.799. The summed E-state index contributed by atoms with van der Waals surface area (Å²) in [5.74, 6) is -1.55. The summed E-state index contributed by atoms with van der Waals surface area (Å²) in [5.41, 5.74) is -0.275. The van der Waals surface area contributed by atoms with Gasteiger partial charge in [-0.15, -0.1) is 6.58 Å². The normalized spacial score (nSPS) is 10.0. The Morgan fingerprint density at radius 2 is 2.29 bits per heavy atom.